The van der Waals surface area contributed by atoms with Gasteiger partial charge in [0.2, 0.25) is 0 Å². The smallest absolute Gasteiger partial charge is 0.303 e. The van der Waals surface area contributed by atoms with E-state index in [1.54, 1.807) is 0 Å². The normalized spacial score (nSPS) is 12.6. The number of carboxylic acids is 1. The van der Waals surface area contributed by atoms with E-state index in [1.807, 2.05) is 0 Å². The quantitative estimate of drug-likeness (QED) is 0.523. The zero-order valence-corrected chi connectivity index (χ0v) is 11.0. The van der Waals surface area contributed by atoms with Gasteiger partial charge in [0.1, 0.15) is 0 Å². The molecule has 0 aliphatic heterocycles. The summed E-state index contributed by atoms with van der Waals surface area (Å²) in [5, 5.41) is 8.47. The predicted molar refractivity (Wildman–Crippen MR) is 68.6 cm³/mol. The van der Waals surface area contributed by atoms with Crippen molar-refractivity contribution in [1.82, 2.24) is 0 Å². The molecule has 0 aromatic carbocycles. The SMILES string of the molecule is CCCCC(C)CCCCCCCC(=O)O. The molecule has 0 radical (unpaired) electrons. The fourth-order valence-electron chi connectivity index (χ4n) is 2.00. The minimum absolute atomic E-state index is 0.340. The van der Waals surface area contributed by atoms with Crippen molar-refractivity contribution in [3.05, 3.63) is 0 Å². The van der Waals surface area contributed by atoms with Crippen molar-refractivity contribution < 1.29 is 9.90 Å². The second-order valence-electron chi connectivity index (χ2n) is 4.95. The topological polar surface area (TPSA) is 37.3 Å². The van der Waals surface area contributed by atoms with E-state index in [0.717, 1.165) is 18.8 Å². The van der Waals surface area contributed by atoms with Gasteiger partial charge in [0, 0.05) is 6.42 Å². The van der Waals surface area contributed by atoms with Crippen LogP contribution in [-0.4, -0.2) is 11.1 Å². The zero-order valence-electron chi connectivity index (χ0n) is 11.0. The highest BCUT2D eigenvalue weighted by Crippen LogP contribution is 2.16. The van der Waals surface area contributed by atoms with E-state index in [2.05, 4.69) is 13.8 Å². The molecule has 0 aliphatic carbocycles. The Kier molecular flexibility index (Phi) is 10.6. The summed E-state index contributed by atoms with van der Waals surface area (Å²) >= 11 is 0. The fraction of sp³-hybridized carbons (Fsp3) is 0.929. The first kappa shape index (κ1) is 15.5. The Balaban J connectivity index is 3.11. The highest BCUT2D eigenvalue weighted by molar-refractivity contribution is 5.66. The number of unbranched alkanes of at least 4 members (excludes halogenated alkanes) is 5. The fourth-order valence-corrected chi connectivity index (χ4v) is 2.00. The summed E-state index contributed by atoms with van der Waals surface area (Å²) in [6, 6.07) is 0. The predicted octanol–water partition coefficient (Wildman–Crippen LogP) is 4.63. The lowest BCUT2D eigenvalue weighted by Gasteiger charge is -2.09. The molecule has 0 fully saturated rings. The molecule has 0 saturated heterocycles. The first-order valence-corrected chi connectivity index (χ1v) is 6.88. The summed E-state index contributed by atoms with van der Waals surface area (Å²) in [6.07, 6.45) is 11.4. The van der Waals surface area contributed by atoms with Gasteiger partial charge in [0.15, 0.2) is 0 Å². The lowest BCUT2D eigenvalue weighted by molar-refractivity contribution is -0.137. The summed E-state index contributed by atoms with van der Waals surface area (Å²) in [6.45, 7) is 4.59. The van der Waals surface area contributed by atoms with E-state index in [1.165, 1.54) is 44.9 Å². The van der Waals surface area contributed by atoms with Crippen LogP contribution in [0.1, 0.15) is 78.1 Å². The van der Waals surface area contributed by atoms with E-state index in [4.69, 9.17) is 5.11 Å². The summed E-state index contributed by atoms with van der Waals surface area (Å²) in [7, 11) is 0. The largest absolute Gasteiger partial charge is 0.481 e. The molecule has 1 atom stereocenters. The van der Waals surface area contributed by atoms with Crippen LogP contribution in [-0.2, 0) is 4.79 Å². The number of rotatable bonds is 11. The molecule has 0 aromatic rings. The van der Waals surface area contributed by atoms with E-state index in [-0.39, 0.29) is 0 Å². The van der Waals surface area contributed by atoms with Gasteiger partial charge in [-0.1, -0.05) is 65.2 Å². The average molecular weight is 228 g/mol. The van der Waals surface area contributed by atoms with Crippen molar-refractivity contribution in [3.63, 3.8) is 0 Å². The maximum Gasteiger partial charge on any atom is 0.303 e. The van der Waals surface area contributed by atoms with Gasteiger partial charge in [0.25, 0.3) is 0 Å². The van der Waals surface area contributed by atoms with Crippen LogP contribution < -0.4 is 0 Å². The zero-order chi connectivity index (χ0) is 12.2. The van der Waals surface area contributed by atoms with Crippen molar-refractivity contribution in [1.29, 1.82) is 0 Å². The number of aliphatic carboxylic acids is 1. The maximum atomic E-state index is 10.3. The molecule has 1 N–H and O–H groups in total. The van der Waals surface area contributed by atoms with E-state index >= 15 is 0 Å². The summed E-state index contributed by atoms with van der Waals surface area (Å²) in [5.41, 5.74) is 0. The molecule has 0 aliphatic rings. The Labute approximate surface area is 100 Å². The molecule has 16 heavy (non-hydrogen) atoms. The molecular formula is C14H28O2. The van der Waals surface area contributed by atoms with Gasteiger partial charge in [-0.3, -0.25) is 4.79 Å². The summed E-state index contributed by atoms with van der Waals surface area (Å²) in [5.74, 6) is 0.215. The first-order valence-electron chi connectivity index (χ1n) is 6.88. The molecule has 0 saturated carbocycles. The van der Waals surface area contributed by atoms with Crippen LogP contribution in [0.15, 0.2) is 0 Å². The van der Waals surface area contributed by atoms with Gasteiger partial charge in [-0.2, -0.15) is 0 Å². The first-order chi connectivity index (χ1) is 7.66. The minimum atomic E-state index is -0.659. The molecule has 2 nitrogen and oxygen atoms in total. The molecule has 0 amide bonds. The summed E-state index contributed by atoms with van der Waals surface area (Å²) < 4.78 is 0. The number of hydrogen-bond acceptors (Lipinski definition) is 1. The van der Waals surface area contributed by atoms with Crippen LogP contribution in [0.2, 0.25) is 0 Å². The van der Waals surface area contributed by atoms with Crippen molar-refractivity contribution in [2.45, 2.75) is 78.1 Å². The third kappa shape index (κ3) is 11.5. The van der Waals surface area contributed by atoms with Gasteiger partial charge < -0.3 is 5.11 Å². The lowest BCUT2D eigenvalue weighted by Crippen LogP contribution is -1.95. The van der Waals surface area contributed by atoms with E-state index in [0.29, 0.717) is 6.42 Å². The molecule has 0 rings (SSSR count). The standard InChI is InChI=1S/C14H28O2/c1-3-4-10-13(2)11-8-6-5-7-9-12-14(15)16/h13H,3-12H2,1-2H3,(H,15,16). The number of carbonyl (C=O) groups is 1. The van der Waals surface area contributed by atoms with Crippen molar-refractivity contribution in [2.24, 2.45) is 5.92 Å². The molecule has 0 bridgehead atoms. The highest BCUT2D eigenvalue weighted by Gasteiger charge is 2.01. The van der Waals surface area contributed by atoms with Crippen LogP contribution in [0.5, 0.6) is 0 Å². The molecule has 1 unspecified atom stereocenters. The van der Waals surface area contributed by atoms with Crippen molar-refractivity contribution in [2.75, 3.05) is 0 Å². The third-order valence-corrected chi connectivity index (χ3v) is 3.14. The van der Waals surface area contributed by atoms with Gasteiger partial charge >= 0.3 is 5.97 Å². The molecule has 96 valence electrons. The maximum absolute atomic E-state index is 10.3. The van der Waals surface area contributed by atoms with E-state index in [9.17, 15) is 4.79 Å². The molecular weight excluding hydrogens is 200 g/mol. The third-order valence-electron chi connectivity index (χ3n) is 3.14. The van der Waals surface area contributed by atoms with Crippen LogP contribution in [0.25, 0.3) is 0 Å². The van der Waals surface area contributed by atoms with Crippen molar-refractivity contribution >= 4 is 5.97 Å². The Bertz CT molecular complexity index is 166. The van der Waals surface area contributed by atoms with E-state index < -0.39 is 5.97 Å². The Morgan fingerprint density at radius 2 is 1.56 bits per heavy atom. The van der Waals surface area contributed by atoms with Gasteiger partial charge in [-0.05, 0) is 12.3 Å². The van der Waals surface area contributed by atoms with Gasteiger partial charge in [-0.15, -0.1) is 0 Å². The molecule has 2 heteroatoms. The van der Waals surface area contributed by atoms with Crippen LogP contribution in [0.3, 0.4) is 0 Å². The molecule has 0 heterocycles. The van der Waals surface area contributed by atoms with Gasteiger partial charge in [0.05, 0.1) is 0 Å². The minimum Gasteiger partial charge on any atom is -0.481 e. The summed E-state index contributed by atoms with van der Waals surface area (Å²) in [4.78, 5) is 10.3. The van der Waals surface area contributed by atoms with Crippen LogP contribution in [0, 0.1) is 5.92 Å². The van der Waals surface area contributed by atoms with Gasteiger partial charge in [-0.25, -0.2) is 0 Å². The molecule has 0 aromatic heterocycles. The Morgan fingerprint density at radius 3 is 2.19 bits per heavy atom. The second-order valence-corrected chi connectivity index (χ2v) is 4.95. The number of carboxylic acid groups (broad SMARTS) is 1. The lowest BCUT2D eigenvalue weighted by atomic mass is 9.97. The van der Waals surface area contributed by atoms with Crippen molar-refractivity contribution in [3.8, 4) is 0 Å². The highest BCUT2D eigenvalue weighted by atomic mass is 16.4. The second kappa shape index (κ2) is 11.0. The number of hydrogen-bond donors (Lipinski definition) is 1. The van der Waals surface area contributed by atoms with Crippen LogP contribution in [0.4, 0.5) is 0 Å². The van der Waals surface area contributed by atoms with Crippen LogP contribution >= 0.6 is 0 Å². The average Bonchev–Trinajstić information content (AvgIpc) is 2.24. The monoisotopic (exact) mass is 228 g/mol. The Hall–Kier alpha value is -0.530. The Morgan fingerprint density at radius 1 is 1.00 bits per heavy atom. The molecule has 0 spiro atoms.